The summed E-state index contributed by atoms with van der Waals surface area (Å²) in [6.45, 7) is 11.3. The molecule has 0 atom stereocenters. The van der Waals surface area contributed by atoms with Gasteiger partial charge in [-0.3, -0.25) is 4.99 Å². The molecule has 0 spiro atoms. The summed E-state index contributed by atoms with van der Waals surface area (Å²) >= 11 is 0. The Morgan fingerprint density at radius 3 is 2.15 bits per heavy atom. The van der Waals surface area contributed by atoms with E-state index in [0.717, 1.165) is 32.0 Å². The molecule has 0 aromatic rings. The van der Waals surface area contributed by atoms with Gasteiger partial charge < -0.3 is 25.6 Å². The molecular weight excluding hydrogens is 445 g/mol. The largest absolute Gasteiger partial charge is 0.444 e. The summed E-state index contributed by atoms with van der Waals surface area (Å²) in [6, 6.07) is 0. The molecule has 3 N–H and O–H groups in total. The first-order chi connectivity index (χ1) is 11.9. The van der Waals surface area contributed by atoms with E-state index in [0.29, 0.717) is 6.54 Å². The predicted molar refractivity (Wildman–Crippen MR) is 119 cm³/mol. The molecule has 0 bridgehead atoms. The minimum absolute atomic E-state index is 0. The first-order valence-electron chi connectivity index (χ1n) is 9.54. The Balaban J connectivity index is 0.00000625. The zero-order chi connectivity index (χ0) is 18.5. The van der Waals surface area contributed by atoms with Crippen LogP contribution in [0.25, 0.3) is 0 Å². The van der Waals surface area contributed by atoms with E-state index < -0.39 is 5.60 Å². The second-order valence-electron chi connectivity index (χ2n) is 7.46. The molecule has 26 heavy (non-hydrogen) atoms. The van der Waals surface area contributed by atoms with Crippen LogP contribution < -0.4 is 16.0 Å². The van der Waals surface area contributed by atoms with E-state index in [-0.39, 0.29) is 30.1 Å². The average molecular weight is 483 g/mol. The lowest BCUT2D eigenvalue weighted by Gasteiger charge is -2.21. The minimum atomic E-state index is -0.457. The van der Waals surface area contributed by atoms with Crippen molar-refractivity contribution in [2.75, 3.05) is 46.3 Å². The molecular formula is C18H38IN5O2. The third-order valence-electron chi connectivity index (χ3n) is 3.96. The zero-order valence-electron chi connectivity index (χ0n) is 16.9. The number of likely N-dealkylation sites (tertiary alicyclic amines) is 1. The van der Waals surface area contributed by atoms with Gasteiger partial charge >= 0.3 is 6.09 Å². The molecule has 1 heterocycles. The summed E-state index contributed by atoms with van der Waals surface area (Å²) in [7, 11) is 1.78. The van der Waals surface area contributed by atoms with Crippen molar-refractivity contribution in [2.24, 2.45) is 4.99 Å². The van der Waals surface area contributed by atoms with Crippen molar-refractivity contribution in [1.29, 1.82) is 0 Å². The zero-order valence-corrected chi connectivity index (χ0v) is 19.2. The monoisotopic (exact) mass is 483 g/mol. The Morgan fingerprint density at radius 2 is 1.58 bits per heavy atom. The second kappa shape index (κ2) is 14.3. The number of carbonyl (C=O) groups is 1. The van der Waals surface area contributed by atoms with Crippen molar-refractivity contribution in [2.45, 2.75) is 58.5 Å². The lowest BCUT2D eigenvalue weighted by atomic mass is 10.2. The van der Waals surface area contributed by atoms with E-state index in [9.17, 15) is 4.79 Å². The van der Waals surface area contributed by atoms with Gasteiger partial charge in [0.1, 0.15) is 5.60 Å². The molecule has 0 unspecified atom stereocenters. The standard InChI is InChI=1S/C18H37N5O2.HI/c1-18(2,3)25-17(24)22-11-9-10-20-16(19-4)21-12-15-23-13-7-5-6-8-14-23;/h5-15H2,1-4H3,(H,22,24)(H2,19,20,21);1H. The smallest absolute Gasteiger partial charge is 0.407 e. The van der Waals surface area contributed by atoms with Crippen LogP contribution in [-0.4, -0.2) is 68.9 Å². The molecule has 1 fully saturated rings. The van der Waals surface area contributed by atoms with Gasteiger partial charge in [0.15, 0.2) is 5.96 Å². The lowest BCUT2D eigenvalue weighted by molar-refractivity contribution is 0.0527. The third kappa shape index (κ3) is 13.4. The fourth-order valence-corrected chi connectivity index (χ4v) is 2.71. The van der Waals surface area contributed by atoms with Gasteiger partial charge in [-0.05, 0) is 53.1 Å². The summed E-state index contributed by atoms with van der Waals surface area (Å²) < 4.78 is 5.19. The molecule has 8 heteroatoms. The number of hydrogen-bond donors (Lipinski definition) is 3. The van der Waals surface area contributed by atoms with Gasteiger partial charge in [-0.2, -0.15) is 0 Å². The fraction of sp³-hybridized carbons (Fsp3) is 0.889. The number of guanidine groups is 1. The van der Waals surface area contributed by atoms with Crippen molar-refractivity contribution in [3.8, 4) is 0 Å². The maximum absolute atomic E-state index is 11.5. The number of carbonyl (C=O) groups excluding carboxylic acids is 1. The van der Waals surface area contributed by atoms with Gasteiger partial charge in [0.05, 0.1) is 0 Å². The van der Waals surface area contributed by atoms with Crippen molar-refractivity contribution in [3.05, 3.63) is 0 Å². The van der Waals surface area contributed by atoms with Crippen molar-refractivity contribution in [1.82, 2.24) is 20.9 Å². The molecule has 1 rings (SSSR count). The van der Waals surface area contributed by atoms with Crippen LogP contribution >= 0.6 is 24.0 Å². The molecule has 0 aromatic heterocycles. The Labute approximate surface area is 176 Å². The lowest BCUT2D eigenvalue weighted by Crippen LogP contribution is -2.42. The number of nitrogens with one attached hydrogen (secondary N) is 3. The van der Waals surface area contributed by atoms with Crippen LogP contribution in [0.4, 0.5) is 4.79 Å². The van der Waals surface area contributed by atoms with Crippen LogP contribution in [0.2, 0.25) is 0 Å². The Bertz CT molecular complexity index is 405. The van der Waals surface area contributed by atoms with Crippen LogP contribution in [0.15, 0.2) is 4.99 Å². The Hall–Kier alpha value is -0.770. The molecule has 1 aliphatic heterocycles. The Kier molecular flexibility index (Phi) is 13.9. The van der Waals surface area contributed by atoms with Gasteiger partial charge in [-0.15, -0.1) is 24.0 Å². The average Bonchev–Trinajstić information content (AvgIpc) is 2.80. The van der Waals surface area contributed by atoms with Gasteiger partial charge in [0.25, 0.3) is 0 Å². The highest BCUT2D eigenvalue weighted by Crippen LogP contribution is 2.08. The molecule has 154 valence electrons. The van der Waals surface area contributed by atoms with E-state index in [1.807, 2.05) is 20.8 Å². The van der Waals surface area contributed by atoms with E-state index in [1.165, 1.54) is 38.8 Å². The number of amides is 1. The second-order valence-corrected chi connectivity index (χ2v) is 7.46. The molecule has 1 amide bonds. The van der Waals surface area contributed by atoms with Crippen LogP contribution in [0.1, 0.15) is 52.9 Å². The first-order valence-corrected chi connectivity index (χ1v) is 9.54. The SMILES string of the molecule is CN=C(NCCCNC(=O)OC(C)(C)C)NCCN1CCCCCC1.I. The number of halogens is 1. The molecule has 1 aliphatic rings. The summed E-state index contributed by atoms with van der Waals surface area (Å²) in [4.78, 5) is 18.3. The van der Waals surface area contributed by atoms with Crippen LogP contribution in [0, 0.1) is 0 Å². The highest BCUT2D eigenvalue weighted by molar-refractivity contribution is 14.0. The quantitative estimate of drug-likeness (QED) is 0.225. The third-order valence-corrected chi connectivity index (χ3v) is 3.96. The summed E-state index contributed by atoms with van der Waals surface area (Å²) in [5.41, 5.74) is -0.457. The summed E-state index contributed by atoms with van der Waals surface area (Å²) in [5, 5.41) is 9.38. The molecule has 0 radical (unpaired) electrons. The normalized spacial score (nSPS) is 16.2. The highest BCUT2D eigenvalue weighted by atomic mass is 127. The van der Waals surface area contributed by atoms with Crippen LogP contribution in [0.3, 0.4) is 0 Å². The molecule has 0 aromatic carbocycles. The maximum atomic E-state index is 11.5. The summed E-state index contributed by atoms with van der Waals surface area (Å²) in [6.07, 6.45) is 5.81. The molecule has 7 nitrogen and oxygen atoms in total. The molecule has 0 aliphatic carbocycles. The first kappa shape index (κ1) is 25.2. The maximum Gasteiger partial charge on any atom is 0.407 e. The highest BCUT2D eigenvalue weighted by Gasteiger charge is 2.15. The van der Waals surface area contributed by atoms with Gasteiger partial charge in [-0.1, -0.05) is 12.8 Å². The van der Waals surface area contributed by atoms with E-state index in [4.69, 9.17) is 4.74 Å². The van der Waals surface area contributed by atoms with Crippen molar-refractivity contribution < 1.29 is 9.53 Å². The van der Waals surface area contributed by atoms with Crippen LogP contribution in [0.5, 0.6) is 0 Å². The number of nitrogens with zero attached hydrogens (tertiary/aromatic N) is 2. The summed E-state index contributed by atoms with van der Waals surface area (Å²) in [5.74, 6) is 0.812. The number of aliphatic imine (C=N–C) groups is 1. The van der Waals surface area contributed by atoms with E-state index >= 15 is 0 Å². The number of hydrogen-bond acceptors (Lipinski definition) is 4. The van der Waals surface area contributed by atoms with Gasteiger partial charge in [0, 0.05) is 33.2 Å². The Morgan fingerprint density at radius 1 is 1.00 bits per heavy atom. The predicted octanol–water partition coefficient (Wildman–Crippen LogP) is 2.56. The van der Waals surface area contributed by atoms with Crippen LogP contribution in [-0.2, 0) is 4.74 Å². The number of ether oxygens (including phenoxy) is 1. The van der Waals surface area contributed by atoms with Crippen molar-refractivity contribution >= 4 is 36.0 Å². The minimum Gasteiger partial charge on any atom is -0.444 e. The topological polar surface area (TPSA) is 78.0 Å². The molecule has 1 saturated heterocycles. The van der Waals surface area contributed by atoms with Crippen molar-refractivity contribution in [3.63, 3.8) is 0 Å². The van der Waals surface area contributed by atoms with Gasteiger partial charge in [-0.25, -0.2) is 4.79 Å². The fourth-order valence-electron chi connectivity index (χ4n) is 2.71. The van der Waals surface area contributed by atoms with E-state index in [2.05, 4.69) is 25.8 Å². The number of rotatable bonds is 7. The van der Waals surface area contributed by atoms with E-state index in [1.54, 1.807) is 7.05 Å². The molecule has 0 saturated carbocycles. The van der Waals surface area contributed by atoms with Gasteiger partial charge in [0.2, 0.25) is 0 Å². The number of alkyl carbamates (subject to hydrolysis) is 1.